The average molecular weight is 289 g/mol. The number of para-hydroxylation sites is 1. The summed E-state index contributed by atoms with van der Waals surface area (Å²) in [6.07, 6.45) is 0.831. The highest BCUT2D eigenvalue weighted by Gasteiger charge is 2.10. The number of hydrogen-bond donors (Lipinski definition) is 3. The molecule has 0 bridgehead atoms. The maximum atomic E-state index is 11.6. The lowest BCUT2D eigenvalue weighted by Gasteiger charge is -2.07. The zero-order valence-electron chi connectivity index (χ0n) is 11.3. The predicted molar refractivity (Wildman–Crippen MR) is 74.4 cm³/mol. The SMILES string of the molecule is N#Cc1ccccc1NC(=O)NC(=O)CCCCC(=O)O. The third kappa shape index (κ3) is 6.20. The molecule has 0 aromatic heterocycles. The monoisotopic (exact) mass is 289 g/mol. The fourth-order valence-electron chi connectivity index (χ4n) is 1.59. The Morgan fingerprint density at radius 1 is 1.14 bits per heavy atom. The van der Waals surface area contributed by atoms with Gasteiger partial charge in [0, 0.05) is 12.8 Å². The lowest BCUT2D eigenvalue weighted by molar-refractivity contribution is -0.137. The largest absolute Gasteiger partial charge is 0.481 e. The lowest BCUT2D eigenvalue weighted by Crippen LogP contribution is -2.34. The van der Waals surface area contributed by atoms with E-state index in [1.54, 1.807) is 24.3 Å². The number of hydrogen-bond acceptors (Lipinski definition) is 4. The van der Waals surface area contributed by atoms with Crippen LogP contribution in [0.4, 0.5) is 10.5 Å². The van der Waals surface area contributed by atoms with Crippen molar-refractivity contribution in [2.45, 2.75) is 25.7 Å². The quantitative estimate of drug-likeness (QED) is 0.690. The van der Waals surface area contributed by atoms with Crippen molar-refractivity contribution in [3.63, 3.8) is 0 Å². The van der Waals surface area contributed by atoms with E-state index in [4.69, 9.17) is 10.4 Å². The van der Waals surface area contributed by atoms with Crippen molar-refractivity contribution in [2.75, 3.05) is 5.32 Å². The van der Waals surface area contributed by atoms with Crippen LogP contribution in [0.2, 0.25) is 0 Å². The van der Waals surface area contributed by atoms with Gasteiger partial charge in [-0.3, -0.25) is 14.9 Å². The van der Waals surface area contributed by atoms with Gasteiger partial charge in [0.1, 0.15) is 6.07 Å². The van der Waals surface area contributed by atoms with Crippen molar-refractivity contribution in [1.29, 1.82) is 5.26 Å². The molecule has 3 N–H and O–H groups in total. The van der Waals surface area contributed by atoms with Crippen LogP contribution in [0.1, 0.15) is 31.2 Å². The Morgan fingerprint density at radius 2 is 1.81 bits per heavy atom. The second-order valence-electron chi connectivity index (χ2n) is 4.26. The molecule has 0 fully saturated rings. The van der Waals surface area contributed by atoms with Gasteiger partial charge in [0.2, 0.25) is 5.91 Å². The molecule has 0 saturated heterocycles. The van der Waals surface area contributed by atoms with Crippen molar-refractivity contribution in [1.82, 2.24) is 5.32 Å². The molecule has 1 rings (SSSR count). The summed E-state index contributed by atoms with van der Waals surface area (Å²) in [7, 11) is 0. The number of nitriles is 1. The van der Waals surface area contributed by atoms with Gasteiger partial charge >= 0.3 is 12.0 Å². The maximum absolute atomic E-state index is 11.6. The molecule has 7 nitrogen and oxygen atoms in total. The Balaban J connectivity index is 2.38. The molecule has 0 radical (unpaired) electrons. The molecule has 0 aliphatic carbocycles. The predicted octanol–water partition coefficient (Wildman–Crippen LogP) is 1.85. The van der Waals surface area contributed by atoms with Crippen molar-refractivity contribution < 1.29 is 19.5 Å². The van der Waals surface area contributed by atoms with Crippen LogP contribution in [-0.4, -0.2) is 23.0 Å². The summed E-state index contributed by atoms with van der Waals surface area (Å²) in [4.78, 5) is 33.3. The first-order valence-electron chi connectivity index (χ1n) is 6.34. The molecule has 1 aromatic rings. The van der Waals surface area contributed by atoms with E-state index >= 15 is 0 Å². The minimum atomic E-state index is -0.915. The molecule has 0 heterocycles. The zero-order valence-corrected chi connectivity index (χ0v) is 11.3. The fraction of sp³-hybridized carbons (Fsp3) is 0.286. The number of carbonyl (C=O) groups is 3. The minimum absolute atomic E-state index is 0.00494. The van der Waals surface area contributed by atoms with Crippen LogP contribution in [0.3, 0.4) is 0 Å². The van der Waals surface area contributed by atoms with Gasteiger partial charge in [-0.1, -0.05) is 12.1 Å². The Kier molecular flexibility index (Phi) is 6.41. The fourth-order valence-corrected chi connectivity index (χ4v) is 1.59. The summed E-state index contributed by atoms with van der Waals surface area (Å²) in [5, 5.41) is 21.8. The number of unbranched alkanes of at least 4 members (excludes halogenated alkanes) is 1. The van der Waals surface area contributed by atoms with Crippen molar-refractivity contribution >= 4 is 23.6 Å². The van der Waals surface area contributed by atoms with E-state index in [9.17, 15) is 14.4 Å². The van der Waals surface area contributed by atoms with E-state index in [2.05, 4.69) is 10.6 Å². The molecule has 0 aliphatic heterocycles. The first kappa shape index (κ1) is 16.2. The third-order valence-electron chi connectivity index (χ3n) is 2.59. The minimum Gasteiger partial charge on any atom is -0.481 e. The van der Waals surface area contributed by atoms with Crippen molar-refractivity contribution in [3.8, 4) is 6.07 Å². The molecule has 21 heavy (non-hydrogen) atoms. The van der Waals surface area contributed by atoms with Crippen LogP contribution in [-0.2, 0) is 9.59 Å². The molecule has 1 aromatic carbocycles. The number of imide groups is 1. The number of nitrogens with zero attached hydrogens (tertiary/aromatic N) is 1. The summed E-state index contributed by atoms with van der Waals surface area (Å²) >= 11 is 0. The van der Waals surface area contributed by atoms with Gasteiger partial charge in [0.15, 0.2) is 0 Å². The molecule has 7 heteroatoms. The van der Waals surface area contributed by atoms with E-state index in [1.165, 1.54) is 0 Å². The molecular weight excluding hydrogens is 274 g/mol. The van der Waals surface area contributed by atoms with Crippen LogP contribution >= 0.6 is 0 Å². The van der Waals surface area contributed by atoms with Crippen molar-refractivity contribution in [2.24, 2.45) is 0 Å². The van der Waals surface area contributed by atoms with Gasteiger partial charge in [-0.25, -0.2) is 4.79 Å². The highest BCUT2D eigenvalue weighted by atomic mass is 16.4. The van der Waals surface area contributed by atoms with Crippen molar-refractivity contribution in [3.05, 3.63) is 29.8 Å². The van der Waals surface area contributed by atoms with Gasteiger partial charge in [-0.15, -0.1) is 0 Å². The van der Waals surface area contributed by atoms with Gasteiger partial charge in [-0.05, 0) is 25.0 Å². The number of nitrogens with one attached hydrogen (secondary N) is 2. The van der Waals surface area contributed by atoms with Crippen LogP contribution < -0.4 is 10.6 Å². The van der Waals surface area contributed by atoms with Crippen LogP contribution in [0.5, 0.6) is 0 Å². The second-order valence-corrected chi connectivity index (χ2v) is 4.26. The molecule has 0 spiro atoms. The highest BCUT2D eigenvalue weighted by Crippen LogP contribution is 2.13. The van der Waals surface area contributed by atoms with Gasteiger partial charge < -0.3 is 10.4 Å². The molecule has 3 amide bonds. The van der Waals surface area contributed by atoms with Gasteiger partial charge in [-0.2, -0.15) is 5.26 Å². The van der Waals surface area contributed by atoms with Crippen LogP contribution in [0.15, 0.2) is 24.3 Å². The number of carboxylic acids is 1. The maximum Gasteiger partial charge on any atom is 0.325 e. The molecule has 0 aliphatic rings. The Hall–Kier alpha value is -2.88. The summed E-state index contributed by atoms with van der Waals surface area (Å²) in [6, 6.07) is 7.62. The zero-order chi connectivity index (χ0) is 15.7. The highest BCUT2D eigenvalue weighted by molar-refractivity contribution is 6.01. The molecule has 0 saturated carbocycles. The molecule has 110 valence electrons. The van der Waals surface area contributed by atoms with E-state index < -0.39 is 17.9 Å². The third-order valence-corrected chi connectivity index (χ3v) is 2.59. The van der Waals surface area contributed by atoms with E-state index in [-0.39, 0.29) is 12.8 Å². The Morgan fingerprint density at radius 3 is 2.48 bits per heavy atom. The molecular formula is C14H15N3O4. The summed E-state index contributed by atoms with van der Waals surface area (Å²) in [6.45, 7) is 0. The Labute approximate surface area is 121 Å². The van der Waals surface area contributed by atoms with Gasteiger partial charge in [0.25, 0.3) is 0 Å². The van der Waals surface area contributed by atoms with Crippen LogP contribution in [0, 0.1) is 11.3 Å². The smallest absolute Gasteiger partial charge is 0.325 e. The van der Waals surface area contributed by atoms with Crippen LogP contribution in [0.25, 0.3) is 0 Å². The number of aliphatic carboxylic acids is 1. The standard InChI is InChI=1S/C14H15N3O4/c15-9-10-5-1-2-6-11(10)16-14(21)17-12(18)7-3-4-8-13(19)20/h1-2,5-6H,3-4,7-8H2,(H,19,20)(H2,16,17,18,21). The normalized spacial score (nSPS) is 9.48. The number of carbonyl (C=O) groups excluding carboxylic acids is 2. The Bertz CT molecular complexity index is 578. The summed E-state index contributed by atoms with van der Waals surface area (Å²) < 4.78 is 0. The lowest BCUT2D eigenvalue weighted by atomic mass is 10.2. The summed E-state index contributed by atoms with van der Waals surface area (Å²) in [5.74, 6) is -1.41. The summed E-state index contributed by atoms with van der Waals surface area (Å²) in [5.41, 5.74) is 0.609. The number of carboxylic acid groups (broad SMARTS) is 1. The number of amides is 3. The molecule has 0 atom stereocenters. The number of anilines is 1. The second kappa shape index (κ2) is 8.32. The van der Waals surface area contributed by atoms with E-state index in [1.807, 2.05) is 6.07 Å². The number of benzene rings is 1. The average Bonchev–Trinajstić information content (AvgIpc) is 2.44. The van der Waals surface area contributed by atoms with E-state index in [0.29, 0.717) is 24.1 Å². The van der Waals surface area contributed by atoms with E-state index in [0.717, 1.165) is 0 Å². The number of rotatable bonds is 6. The first-order chi connectivity index (χ1) is 10.0. The topological polar surface area (TPSA) is 119 Å². The number of urea groups is 1. The first-order valence-corrected chi connectivity index (χ1v) is 6.34. The molecule has 0 unspecified atom stereocenters. The van der Waals surface area contributed by atoms with Gasteiger partial charge in [0.05, 0.1) is 11.3 Å².